The summed E-state index contributed by atoms with van der Waals surface area (Å²) in [5, 5.41) is 42.7. The summed E-state index contributed by atoms with van der Waals surface area (Å²) in [4.78, 5) is 11.8. The lowest BCUT2D eigenvalue weighted by molar-refractivity contribution is 0.0142. The number of halogens is 2. The molecule has 0 aromatic heterocycles. The Balaban J connectivity index is 2.48. The smallest absolute Gasteiger partial charge is 0.154 e. The maximum absolute atomic E-state index is 11.8. The lowest BCUT2D eigenvalue weighted by Crippen LogP contribution is -2.34. The monoisotopic (exact) mass is 440 g/mol. The number of carbonyl (C=O) groups excluding carboxylic acids is 1. The number of methoxy groups -OCH3 is 1. The summed E-state index contributed by atoms with van der Waals surface area (Å²) >= 11 is 12.7. The Morgan fingerprint density at radius 2 is 1.76 bits per heavy atom. The number of fused-ring (bicyclic) bond motifs is 1. The second-order valence-corrected chi connectivity index (χ2v) is 8.58. The van der Waals surface area contributed by atoms with Gasteiger partial charge in [0.25, 0.3) is 0 Å². The third-order valence-electron chi connectivity index (χ3n) is 5.72. The predicted molar refractivity (Wildman–Crippen MR) is 110 cm³/mol. The van der Waals surface area contributed by atoms with Gasteiger partial charge in [0.2, 0.25) is 0 Å². The number of hydrogen-bond donors (Lipinski definition) is 4. The highest BCUT2D eigenvalue weighted by Gasteiger charge is 2.47. The van der Waals surface area contributed by atoms with E-state index in [4.69, 9.17) is 27.9 Å². The number of phenols is 3. The van der Waals surface area contributed by atoms with Crippen molar-refractivity contribution in [3.63, 3.8) is 0 Å². The zero-order valence-electron chi connectivity index (χ0n) is 16.4. The van der Waals surface area contributed by atoms with Crippen LogP contribution in [0.1, 0.15) is 52.4 Å². The Hall–Kier alpha value is -2.15. The van der Waals surface area contributed by atoms with E-state index in [0.717, 1.165) is 6.07 Å². The van der Waals surface area contributed by atoms with Crippen molar-refractivity contribution in [1.29, 1.82) is 0 Å². The number of benzene rings is 2. The van der Waals surface area contributed by atoms with Gasteiger partial charge in [0.05, 0.1) is 28.3 Å². The van der Waals surface area contributed by atoms with Crippen molar-refractivity contribution in [3.8, 4) is 23.0 Å². The molecule has 0 saturated heterocycles. The predicted octanol–water partition coefficient (Wildman–Crippen LogP) is 4.31. The Labute approximate surface area is 178 Å². The molecule has 2 unspecified atom stereocenters. The summed E-state index contributed by atoms with van der Waals surface area (Å²) in [6.07, 6.45) is 0.677. The highest BCUT2D eigenvalue weighted by atomic mass is 35.5. The zero-order chi connectivity index (χ0) is 21.8. The highest BCUT2D eigenvalue weighted by molar-refractivity contribution is 6.38. The molecule has 4 N–H and O–H groups in total. The summed E-state index contributed by atoms with van der Waals surface area (Å²) in [5.41, 5.74) is -0.0204. The van der Waals surface area contributed by atoms with Crippen LogP contribution >= 0.6 is 23.2 Å². The van der Waals surface area contributed by atoms with Crippen molar-refractivity contribution in [1.82, 2.24) is 0 Å². The average Bonchev–Trinajstić information content (AvgIpc) is 3.04. The molecular weight excluding hydrogens is 419 g/mol. The molecule has 0 bridgehead atoms. The summed E-state index contributed by atoms with van der Waals surface area (Å²) in [7, 11) is 1.38. The summed E-state index contributed by atoms with van der Waals surface area (Å²) in [6.45, 7) is 4.81. The van der Waals surface area contributed by atoms with E-state index in [1.165, 1.54) is 7.11 Å². The van der Waals surface area contributed by atoms with Crippen LogP contribution in [-0.4, -0.2) is 39.4 Å². The molecule has 6 nitrogen and oxygen atoms in total. The molecule has 3 rings (SSSR count). The van der Waals surface area contributed by atoms with Gasteiger partial charge in [-0.25, -0.2) is 0 Å². The molecule has 0 aliphatic heterocycles. The van der Waals surface area contributed by atoms with Gasteiger partial charge >= 0.3 is 0 Å². The van der Waals surface area contributed by atoms with E-state index < -0.39 is 23.2 Å². The lowest BCUT2D eigenvalue weighted by Gasteiger charge is -2.33. The van der Waals surface area contributed by atoms with Crippen LogP contribution in [0.15, 0.2) is 6.07 Å². The molecule has 0 fully saturated rings. The van der Waals surface area contributed by atoms with Gasteiger partial charge in [-0.1, -0.05) is 23.2 Å². The number of ether oxygens (including phenoxy) is 1. The molecular formula is C21H22Cl2O6. The van der Waals surface area contributed by atoms with Gasteiger partial charge in [0.15, 0.2) is 6.29 Å². The van der Waals surface area contributed by atoms with Crippen molar-refractivity contribution in [3.05, 3.63) is 43.9 Å². The number of carbonyl (C=O) groups is 1. The third kappa shape index (κ3) is 3.19. The van der Waals surface area contributed by atoms with Gasteiger partial charge in [-0.05, 0) is 43.9 Å². The zero-order valence-corrected chi connectivity index (χ0v) is 17.9. The van der Waals surface area contributed by atoms with Crippen molar-refractivity contribution >= 4 is 29.5 Å². The quantitative estimate of drug-likeness (QED) is 0.527. The number of aldehydes is 1. The van der Waals surface area contributed by atoms with Crippen LogP contribution in [-0.2, 0) is 6.42 Å². The van der Waals surface area contributed by atoms with Crippen LogP contribution in [0.25, 0.3) is 0 Å². The van der Waals surface area contributed by atoms with E-state index in [1.54, 1.807) is 20.8 Å². The second kappa shape index (κ2) is 7.27. The van der Waals surface area contributed by atoms with Gasteiger partial charge in [-0.2, -0.15) is 0 Å². The summed E-state index contributed by atoms with van der Waals surface area (Å²) in [6, 6.07) is 1.10. The van der Waals surface area contributed by atoms with Gasteiger partial charge < -0.3 is 25.2 Å². The fourth-order valence-electron chi connectivity index (χ4n) is 4.24. The molecule has 1 aliphatic rings. The fourth-order valence-corrected chi connectivity index (χ4v) is 4.76. The van der Waals surface area contributed by atoms with E-state index in [-0.39, 0.29) is 44.8 Å². The first-order valence-corrected chi connectivity index (χ1v) is 9.70. The number of rotatable bonds is 4. The van der Waals surface area contributed by atoms with Crippen molar-refractivity contribution in [2.75, 3.05) is 7.11 Å². The molecule has 0 radical (unpaired) electrons. The molecule has 0 heterocycles. The Morgan fingerprint density at radius 3 is 2.28 bits per heavy atom. The van der Waals surface area contributed by atoms with E-state index in [0.29, 0.717) is 23.0 Å². The molecule has 29 heavy (non-hydrogen) atoms. The molecule has 2 aromatic rings. The first kappa shape index (κ1) is 21.6. The molecule has 8 heteroatoms. The summed E-state index contributed by atoms with van der Waals surface area (Å²) < 4.78 is 5.47. The van der Waals surface area contributed by atoms with Crippen molar-refractivity contribution in [2.24, 2.45) is 5.92 Å². The normalized spacial score (nSPS) is 18.6. The van der Waals surface area contributed by atoms with Gasteiger partial charge in [0.1, 0.15) is 23.0 Å². The standard InChI is InChI=1S/C21H22Cl2O6/c1-8-17(22)19(27)16(20(29-4)18(8)23)15-11(21(2,3)28)5-9-12(25)6-13(26)10(7-24)14(9)15/h6-7,11,15,25-28H,5H2,1-4H3. The van der Waals surface area contributed by atoms with E-state index in [9.17, 15) is 25.2 Å². The molecule has 1 aliphatic carbocycles. The van der Waals surface area contributed by atoms with Gasteiger partial charge in [-0.15, -0.1) is 0 Å². The molecule has 0 spiro atoms. The molecule has 2 atom stereocenters. The fraction of sp³-hybridized carbons (Fsp3) is 0.381. The minimum atomic E-state index is -1.28. The SMILES string of the molecule is COc1c(Cl)c(C)c(Cl)c(O)c1C1c2c(C=O)c(O)cc(O)c2CC1C(C)(C)O. The summed E-state index contributed by atoms with van der Waals surface area (Å²) in [5.74, 6) is -2.16. The molecule has 0 amide bonds. The topological polar surface area (TPSA) is 107 Å². The average molecular weight is 441 g/mol. The lowest BCUT2D eigenvalue weighted by atomic mass is 9.75. The maximum Gasteiger partial charge on any atom is 0.154 e. The number of phenolic OH excluding ortho intramolecular Hbond substituents is 3. The van der Waals surface area contributed by atoms with E-state index >= 15 is 0 Å². The number of hydrogen-bond acceptors (Lipinski definition) is 6. The first-order valence-electron chi connectivity index (χ1n) is 8.95. The van der Waals surface area contributed by atoms with Crippen LogP contribution in [0.3, 0.4) is 0 Å². The molecule has 2 aromatic carbocycles. The van der Waals surface area contributed by atoms with Crippen LogP contribution < -0.4 is 4.74 Å². The van der Waals surface area contributed by atoms with Crippen LogP contribution in [0.2, 0.25) is 10.0 Å². The number of aromatic hydroxyl groups is 3. The largest absolute Gasteiger partial charge is 0.508 e. The first-order chi connectivity index (χ1) is 13.4. The Bertz CT molecular complexity index is 1010. The van der Waals surface area contributed by atoms with Crippen LogP contribution in [0, 0.1) is 12.8 Å². The van der Waals surface area contributed by atoms with Crippen molar-refractivity contribution < 1.29 is 30.0 Å². The Morgan fingerprint density at radius 1 is 1.14 bits per heavy atom. The third-order valence-corrected chi connectivity index (χ3v) is 6.63. The van der Waals surface area contributed by atoms with Crippen LogP contribution in [0.5, 0.6) is 23.0 Å². The van der Waals surface area contributed by atoms with E-state index in [1.807, 2.05) is 0 Å². The van der Waals surface area contributed by atoms with E-state index in [2.05, 4.69) is 0 Å². The van der Waals surface area contributed by atoms with Gasteiger partial charge in [0, 0.05) is 23.5 Å². The number of aliphatic hydroxyl groups is 1. The Kier molecular flexibility index (Phi) is 5.41. The van der Waals surface area contributed by atoms with Gasteiger partial charge in [-0.3, -0.25) is 4.79 Å². The minimum absolute atomic E-state index is 0.0192. The minimum Gasteiger partial charge on any atom is -0.508 e. The van der Waals surface area contributed by atoms with Crippen molar-refractivity contribution in [2.45, 2.75) is 38.7 Å². The molecule has 0 saturated carbocycles. The molecule has 156 valence electrons. The van der Waals surface area contributed by atoms with Crippen LogP contribution in [0.4, 0.5) is 0 Å². The maximum atomic E-state index is 11.8. The second-order valence-electron chi connectivity index (χ2n) is 7.83. The highest BCUT2D eigenvalue weighted by Crippen LogP contribution is 2.58.